The third-order valence-corrected chi connectivity index (χ3v) is 8.38. The molecule has 0 spiro atoms. The van der Waals surface area contributed by atoms with Gasteiger partial charge in [-0.05, 0) is 92.7 Å². The van der Waals surface area contributed by atoms with E-state index in [1.807, 2.05) is 133 Å². The van der Waals surface area contributed by atoms with E-state index in [9.17, 15) is 9.59 Å². The van der Waals surface area contributed by atoms with Crippen molar-refractivity contribution in [1.82, 2.24) is 0 Å². The van der Waals surface area contributed by atoms with Crippen LogP contribution in [0.15, 0.2) is 133 Å². The molecule has 2 amide bonds. The van der Waals surface area contributed by atoms with Crippen molar-refractivity contribution in [2.75, 3.05) is 9.80 Å². The third kappa shape index (κ3) is 6.45. The highest BCUT2D eigenvalue weighted by atomic mass is 127. The lowest BCUT2D eigenvalue weighted by Gasteiger charge is -2.29. The van der Waals surface area contributed by atoms with Crippen LogP contribution in [0.1, 0.15) is 31.8 Å². The summed E-state index contributed by atoms with van der Waals surface area (Å²) in [6.07, 6.45) is 0. The van der Waals surface area contributed by atoms with Gasteiger partial charge in [0.2, 0.25) is 0 Å². The first kappa shape index (κ1) is 28.0. The standard InChI is InChI=1S/C34H26I2N2O2/c35-29-19-9-7-17-27(29)33(39)37(23-25-13-3-1-4-14-25)31-21-11-8-18-28(31)34(40)38(24-26-15-5-2-6-16-26)32-22-12-10-20-30(32)36/h1-22H,23-24H2. The lowest BCUT2D eigenvalue weighted by atomic mass is 10.1. The minimum Gasteiger partial charge on any atom is -0.303 e. The van der Waals surface area contributed by atoms with Crippen LogP contribution in [-0.4, -0.2) is 11.8 Å². The van der Waals surface area contributed by atoms with E-state index in [4.69, 9.17) is 0 Å². The molecule has 198 valence electrons. The Morgan fingerprint density at radius 1 is 0.450 bits per heavy atom. The van der Waals surface area contributed by atoms with Crippen molar-refractivity contribution >= 4 is 68.4 Å². The van der Waals surface area contributed by atoms with Gasteiger partial charge in [0.05, 0.1) is 35.6 Å². The predicted octanol–water partition coefficient (Wildman–Crippen LogP) is 8.59. The molecule has 0 heterocycles. The van der Waals surface area contributed by atoms with E-state index in [-0.39, 0.29) is 11.8 Å². The highest BCUT2D eigenvalue weighted by molar-refractivity contribution is 14.1. The second-order valence-corrected chi connectivity index (χ2v) is 11.5. The highest BCUT2D eigenvalue weighted by Crippen LogP contribution is 2.31. The number of carbonyl (C=O) groups excluding carboxylic acids is 2. The van der Waals surface area contributed by atoms with Gasteiger partial charge in [0.1, 0.15) is 0 Å². The summed E-state index contributed by atoms with van der Waals surface area (Å²) >= 11 is 4.46. The summed E-state index contributed by atoms with van der Waals surface area (Å²) in [5, 5.41) is 0. The number of benzene rings is 5. The molecule has 5 aromatic rings. The van der Waals surface area contributed by atoms with Crippen molar-refractivity contribution in [2.45, 2.75) is 13.1 Å². The van der Waals surface area contributed by atoms with E-state index in [0.29, 0.717) is 29.9 Å². The molecule has 5 rings (SSSR count). The molecule has 0 aromatic heterocycles. The number of hydrogen-bond donors (Lipinski definition) is 0. The fourth-order valence-electron chi connectivity index (χ4n) is 4.55. The summed E-state index contributed by atoms with van der Waals surface area (Å²) in [6.45, 7) is 0.730. The maximum atomic E-state index is 14.5. The van der Waals surface area contributed by atoms with E-state index in [1.54, 1.807) is 9.80 Å². The Balaban J connectivity index is 1.62. The second kappa shape index (κ2) is 13.2. The van der Waals surface area contributed by atoms with Gasteiger partial charge >= 0.3 is 0 Å². The van der Waals surface area contributed by atoms with Crippen LogP contribution in [0.3, 0.4) is 0 Å². The zero-order chi connectivity index (χ0) is 27.9. The SMILES string of the molecule is O=C(c1ccccc1N(Cc1ccccc1)C(=O)c1ccccc1I)N(Cc1ccccc1)c1ccccc1I. The van der Waals surface area contributed by atoms with Gasteiger partial charge in [0.25, 0.3) is 11.8 Å². The Morgan fingerprint density at radius 2 is 0.850 bits per heavy atom. The van der Waals surface area contributed by atoms with Gasteiger partial charge in [-0.15, -0.1) is 0 Å². The fourth-order valence-corrected chi connectivity index (χ4v) is 5.85. The zero-order valence-corrected chi connectivity index (χ0v) is 25.9. The van der Waals surface area contributed by atoms with E-state index in [0.717, 1.165) is 24.0 Å². The first-order chi connectivity index (χ1) is 19.5. The first-order valence-corrected chi connectivity index (χ1v) is 15.0. The number of rotatable bonds is 8. The van der Waals surface area contributed by atoms with Crippen LogP contribution in [0, 0.1) is 7.14 Å². The monoisotopic (exact) mass is 748 g/mol. The minimum absolute atomic E-state index is 0.155. The van der Waals surface area contributed by atoms with E-state index >= 15 is 0 Å². The van der Waals surface area contributed by atoms with Gasteiger partial charge < -0.3 is 9.80 Å². The average Bonchev–Trinajstić information content (AvgIpc) is 3.00. The molecule has 4 nitrogen and oxygen atoms in total. The molecule has 0 unspecified atom stereocenters. The van der Waals surface area contributed by atoms with Crippen molar-refractivity contribution < 1.29 is 9.59 Å². The molecule has 0 radical (unpaired) electrons. The van der Waals surface area contributed by atoms with Gasteiger partial charge in [-0.2, -0.15) is 0 Å². The summed E-state index contributed by atoms with van der Waals surface area (Å²) in [7, 11) is 0. The van der Waals surface area contributed by atoms with Crippen LogP contribution in [-0.2, 0) is 13.1 Å². The van der Waals surface area contributed by atoms with Crippen LogP contribution in [0.2, 0.25) is 0 Å². The number of para-hydroxylation sites is 2. The van der Waals surface area contributed by atoms with Crippen molar-refractivity contribution in [3.63, 3.8) is 0 Å². The number of nitrogens with zero attached hydrogens (tertiary/aromatic N) is 2. The molecule has 0 atom stereocenters. The third-order valence-electron chi connectivity index (χ3n) is 6.53. The first-order valence-electron chi connectivity index (χ1n) is 12.8. The molecule has 0 aliphatic rings. The molecule has 0 aliphatic carbocycles. The molecule has 0 bridgehead atoms. The van der Waals surface area contributed by atoms with Crippen LogP contribution in [0.4, 0.5) is 11.4 Å². The molecule has 40 heavy (non-hydrogen) atoms. The lowest BCUT2D eigenvalue weighted by Crippen LogP contribution is -2.36. The maximum Gasteiger partial charge on any atom is 0.260 e. The number of carbonyl (C=O) groups is 2. The van der Waals surface area contributed by atoms with Crippen molar-refractivity contribution in [3.8, 4) is 0 Å². The van der Waals surface area contributed by atoms with E-state index in [1.165, 1.54) is 0 Å². The Morgan fingerprint density at radius 3 is 1.40 bits per heavy atom. The summed E-state index contributed by atoms with van der Waals surface area (Å²) < 4.78 is 1.83. The van der Waals surface area contributed by atoms with Gasteiger partial charge in [0.15, 0.2) is 0 Å². The largest absolute Gasteiger partial charge is 0.303 e. The number of halogens is 2. The molecular formula is C34H26I2N2O2. The highest BCUT2D eigenvalue weighted by Gasteiger charge is 2.28. The van der Waals surface area contributed by atoms with Crippen LogP contribution >= 0.6 is 45.2 Å². The van der Waals surface area contributed by atoms with Crippen LogP contribution in [0.5, 0.6) is 0 Å². The number of anilines is 2. The molecule has 0 saturated carbocycles. The molecule has 6 heteroatoms. The molecule has 0 aliphatic heterocycles. The minimum atomic E-state index is -0.169. The fraction of sp³-hybridized carbons (Fsp3) is 0.0588. The summed E-state index contributed by atoms with van der Waals surface area (Å²) in [5.41, 5.74) is 4.45. The summed E-state index contributed by atoms with van der Waals surface area (Å²) in [4.78, 5) is 32.1. The Kier molecular flexibility index (Phi) is 9.28. The molecule has 0 saturated heterocycles. The van der Waals surface area contributed by atoms with Gasteiger partial charge in [-0.25, -0.2) is 0 Å². The molecule has 0 N–H and O–H groups in total. The van der Waals surface area contributed by atoms with Crippen molar-refractivity contribution in [2.24, 2.45) is 0 Å². The maximum absolute atomic E-state index is 14.5. The Bertz CT molecular complexity index is 1620. The van der Waals surface area contributed by atoms with E-state index in [2.05, 4.69) is 45.2 Å². The summed E-state index contributed by atoms with van der Waals surface area (Å²) in [5.74, 6) is -0.324. The van der Waals surface area contributed by atoms with Crippen LogP contribution in [0.25, 0.3) is 0 Å². The normalized spacial score (nSPS) is 10.7. The lowest BCUT2D eigenvalue weighted by molar-refractivity contribution is 0.0982. The van der Waals surface area contributed by atoms with Crippen LogP contribution < -0.4 is 9.80 Å². The van der Waals surface area contributed by atoms with Gasteiger partial charge in [0, 0.05) is 7.14 Å². The van der Waals surface area contributed by atoms with Crippen molar-refractivity contribution in [1.29, 1.82) is 0 Å². The van der Waals surface area contributed by atoms with E-state index < -0.39 is 0 Å². The van der Waals surface area contributed by atoms with Crippen molar-refractivity contribution in [3.05, 3.63) is 163 Å². The number of hydrogen-bond acceptors (Lipinski definition) is 2. The predicted molar refractivity (Wildman–Crippen MR) is 179 cm³/mol. The summed E-state index contributed by atoms with van der Waals surface area (Å²) in [6, 6.07) is 42.6. The quantitative estimate of drug-likeness (QED) is 0.149. The smallest absolute Gasteiger partial charge is 0.260 e. The zero-order valence-electron chi connectivity index (χ0n) is 21.6. The molecule has 0 fully saturated rings. The average molecular weight is 748 g/mol. The Labute approximate surface area is 261 Å². The molecular weight excluding hydrogens is 722 g/mol. The van der Waals surface area contributed by atoms with Gasteiger partial charge in [-0.3, -0.25) is 9.59 Å². The Hall–Kier alpha value is -3.50. The number of amides is 2. The topological polar surface area (TPSA) is 40.6 Å². The van der Waals surface area contributed by atoms with Gasteiger partial charge in [-0.1, -0.05) is 97.1 Å². The second-order valence-electron chi connectivity index (χ2n) is 9.20. The molecule has 5 aromatic carbocycles.